The van der Waals surface area contributed by atoms with Gasteiger partial charge in [-0.15, -0.1) is 0 Å². The van der Waals surface area contributed by atoms with E-state index in [4.69, 9.17) is 4.98 Å². The van der Waals surface area contributed by atoms with Gasteiger partial charge in [0.1, 0.15) is 5.82 Å². The lowest BCUT2D eigenvalue weighted by Crippen LogP contribution is -2.49. The summed E-state index contributed by atoms with van der Waals surface area (Å²) in [5.74, 6) is 0.854. The number of fused-ring (bicyclic) bond motifs is 1. The Bertz CT molecular complexity index is 727. The number of carbonyl (C=O) groups excluding carboxylic acids is 2. The largest absolute Gasteiger partial charge is 0.349 e. The Hall–Kier alpha value is -1.98. The molecule has 0 radical (unpaired) electrons. The summed E-state index contributed by atoms with van der Waals surface area (Å²) in [4.78, 5) is 36.3. The first-order chi connectivity index (χ1) is 13.1. The average Bonchev–Trinajstić information content (AvgIpc) is 3.21. The highest BCUT2D eigenvalue weighted by Gasteiger charge is 2.35. The highest BCUT2D eigenvalue weighted by atomic mass is 16.2. The van der Waals surface area contributed by atoms with E-state index in [2.05, 4.69) is 10.3 Å². The molecule has 146 valence electrons. The Balaban J connectivity index is 1.36. The van der Waals surface area contributed by atoms with E-state index < -0.39 is 0 Å². The number of nitrogens with zero attached hydrogens (tertiary/aromatic N) is 3. The molecule has 1 atom stereocenters. The van der Waals surface area contributed by atoms with Crippen molar-refractivity contribution in [2.45, 2.75) is 83.7 Å². The van der Waals surface area contributed by atoms with Gasteiger partial charge in [-0.3, -0.25) is 9.59 Å². The number of aromatic nitrogens is 2. The Kier molecular flexibility index (Phi) is 5.41. The fraction of sp³-hybridized carbons (Fsp3) is 0.714. The molecule has 1 aromatic rings. The quantitative estimate of drug-likeness (QED) is 0.883. The zero-order valence-electron chi connectivity index (χ0n) is 16.3. The summed E-state index contributed by atoms with van der Waals surface area (Å²) < 4.78 is 0. The number of hydrogen-bond acceptors (Lipinski definition) is 4. The van der Waals surface area contributed by atoms with Gasteiger partial charge in [-0.1, -0.05) is 12.8 Å². The third kappa shape index (κ3) is 3.99. The van der Waals surface area contributed by atoms with E-state index in [0.717, 1.165) is 37.1 Å². The van der Waals surface area contributed by atoms with Crippen LogP contribution in [0, 0.1) is 12.8 Å². The minimum Gasteiger partial charge on any atom is -0.349 e. The fourth-order valence-electron chi connectivity index (χ4n) is 4.89. The van der Waals surface area contributed by atoms with Crippen LogP contribution >= 0.6 is 0 Å². The Morgan fingerprint density at radius 3 is 2.67 bits per heavy atom. The number of nitrogens with one attached hydrogen (secondary N) is 1. The van der Waals surface area contributed by atoms with E-state index >= 15 is 0 Å². The van der Waals surface area contributed by atoms with Crippen LogP contribution in [0.25, 0.3) is 0 Å². The zero-order chi connectivity index (χ0) is 18.8. The molecule has 2 amide bonds. The Labute approximate surface area is 161 Å². The van der Waals surface area contributed by atoms with E-state index in [1.807, 2.05) is 11.8 Å². The van der Waals surface area contributed by atoms with Crippen LogP contribution in [0.15, 0.2) is 0 Å². The van der Waals surface area contributed by atoms with E-state index in [1.54, 1.807) is 0 Å². The molecular formula is C21H30N4O2. The molecule has 2 heterocycles. The predicted molar refractivity (Wildman–Crippen MR) is 102 cm³/mol. The summed E-state index contributed by atoms with van der Waals surface area (Å²) >= 11 is 0. The standard InChI is InChI=1S/C21H30N4O2/c1-14-17-8-4-5-9-18(17)24-19(23-14)12-22-21(27)15-10-11-20(26)25(13-15)16-6-2-3-7-16/h15-16H,2-13H2,1H3,(H,22,27). The first-order valence-corrected chi connectivity index (χ1v) is 10.5. The molecule has 2 aliphatic carbocycles. The van der Waals surface area contributed by atoms with Gasteiger partial charge in [0, 0.05) is 30.4 Å². The molecule has 4 rings (SSSR count). The van der Waals surface area contributed by atoms with Crippen LogP contribution in [-0.2, 0) is 29.0 Å². The molecule has 1 N–H and O–H groups in total. The van der Waals surface area contributed by atoms with Gasteiger partial charge < -0.3 is 10.2 Å². The van der Waals surface area contributed by atoms with E-state index in [0.29, 0.717) is 37.8 Å². The van der Waals surface area contributed by atoms with Crippen LogP contribution in [0.2, 0.25) is 0 Å². The molecule has 6 heteroatoms. The van der Waals surface area contributed by atoms with Crippen LogP contribution in [0.3, 0.4) is 0 Å². The first-order valence-electron chi connectivity index (χ1n) is 10.5. The maximum Gasteiger partial charge on any atom is 0.225 e. The molecule has 1 saturated heterocycles. The van der Waals surface area contributed by atoms with Crippen molar-refractivity contribution in [1.82, 2.24) is 20.2 Å². The monoisotopic (exact) mass is 370 g/mol. The lowest BCUT2D eigenvalue weighted by atomic mass is 9.94. The highest BCUT2D eigenvalue weighted by Crippen LogP contribution is 2.29. The van der Waals surface area contributed by atoms with Crippen molar-refractivity contribution < 1.29 is 9.59 Å². The van der Waals surface area contributed by atoms with Crippen molar-refractivity contribution >= 4 is 11.8 Å². The van der Waals surface area contributed by atoms with Gasteiger partial charge in [0.15, 0.2) is 0 Å². The number of likely N-dealkylation sites (tertiary alicyclic amines) is 1. The van der Waals surface area contributed by atoms with Crippen LogP contribution < -0.4 is 5.32 Å². The summed E-state index contributed by atoms with van der Waals surface area (Å²) in [7, 11) is 0. The highest BCUT2D eigenvalue weighted by molar-refractivity contribution is 5.84. The molecule has 2 fully saturated rings. The minimum atomic E-state index is -0.109. The molecule has 3 aliphatic rings. The normalized spacial score (nSPS) is 23.4. The molecule has 1 unspecified atom stereocenters. The summed E-state index contributed by atoms with van der Waals surface area (Å²) in [5, 5.41) is 3.03. The number of rotatable bonds is 4. The summed E-state index contributed by atoms with van der Waals surface area (Å²) in [5.41, 5.74) is 3.52. The second-order valence-electron chi connectivity index (χ2n) is 8.30. The first kappa shape index (κ1) is 18.4. The van der Waals surface area contributed by atoms with E-state index in [-0.39, 0.29) is 17.7 Å². The molecule has 1 saturated carbocycles. The van der Waals surface area contributed by atoms with Crippen LogP contribution in [0.4, 0.5) is 0 Å². The van der Waals surface area contributed by atoms with Gasteiger partial charge in [0.2, 0.25) is 11.8 Å². The molecule has 1 aliphatic heterocycles. The molecule has 0 spiro atoms. The number of carbonyl (C=O) groups is 2. The van der Waals surface area contributed by atoms with E-state index in [9.17, 15) is 9.59 Å². The summed E-state index contributed by atoms with van der Waals surface area (Å²) in [6, 6.07) is 0.347. The van der Waals surface area contributed by atoms with Gasteiger partial charge in [-0.25, -0.2) is 9.97 Å². The molecule has 0 bridgehead atoms. The minimum absolute atomic E-state index is 0.0319. The maximum atomic E-state index is 12.7. The Morgan fingerprint density at radius 1 is 1.07 bits per heavy atom. The van der Waals surface area contributed by atoms with Crippen molar-refractivity contribution in [3.05, 3.63) is 22.8 Å². The third-order valence-electron chi connectivity index (χ3n) is 6.44. The van der Waals surface area contributed by atoms with Crippen LogP contribution in [0.1, 0.15) is 74.1 Å². The van der Waals surface area contributed by atoms with Gasteiger partial charge in [-0.05, 0) is 57.4 Å². The molecular weight excluding hydrogens is 340 g/mol. The summed E-state index contributed by atoms with van der Waals surface area (Å²) in [6.07, 6.45) is 10.2. The zero-order valence-corrected chi connectivity index (χ0v) is 16.3. The maximum absolute atomic E-state index is 12.7. The number of hydrogen-bond donors (Lipinski definition) is 1. The van der Waals surface area contributed by atoms with Crippen molar-refractivity contribution in [2.75, 3.05) is 6.54 Å². The SMILES string of the molecule is Cc1nc(CNC(=O)C2CCC(=O)N(C3CCCC3)C2)nc2c1CCCC2. The second-order valence-corrected chi connectivity index (χ2v) is 8.30. The smallest absolute Gasteiger partial charge is 0.225 e. The van der Waals surface area contributed by atoms with Crippen molar-refractivity contribution in [1.29, 1.82) is 0 Å². The molecule has 27 heavy (non-hydrogen) atoms. The molecule has 0 aromatic carbocycles. The van der Waals surface area contributed by atoms with Crippen LogP contribution in [-0.4, -0.2) is 39.3 Å². The van der Waals surface area contributed by atoms with Gasteiger partial charge >= 0.3 is 0 Å². The van der Waals surface area contributed by atoms with Crippen LogP contribution in [0.5, 0.6) is 0 Å². The van der Waals surface area contributed by atoms with Crippen molar-refractivity contribution in [2.24, 2.45) is 5.92 Å². The van der Waals surface area contributed by atoms with E-state index in [1.165, 1.54) is 31.2 Å². The summed E-state index contributed by atoms with van der Waals surface area (Å²) in [6.45, 7) is 2.99. The van der Waals surface area contributed by atoms with Gasteiger partial charge in [0.05, 0.1) is 12.5 Å². The second kappa shape index (κ2) is 7.95. The Morgan fingerprint density at radius 2 is 1.85 bits per heavy atom. The van der Waals surface area contributed by atoms with Crippen molar-refractivity contribution in [3.8, 4) is 0 Å². The third-order valence-corrected chi connectivity index (χ3v) is 6.44. The molecule has 6 nitrogen and oxygen atoms in total. The molecule has 1 aromatic heterocycles. The lowest BCUT2D eigenvalue weighted by molar-refractivity contribution is -0.140. The predicted octanol–water partition coefficient (Wildman–Crippen LogP) is 2.46. The average molecular weight is 370 g/mol. The van der Waals surface area contributed by atoms with Gasteiger partial charge in [0.25, 0.3) is 0 Å². The van der Waals surface area contributed by atoms with Gasteiger partial charge in [-0.2, -0.15) is 0 Å². The number of aryl methyl sites for hydroxylation is 2. The topological polar surface area (TPSA) is 75.2 Å². The van der Waals surface area contributed by atoms with Crippen molar-refractivity contribution in [3.63, 3.8) is 0 Å². The lowest BCUT2D eigenvalue weighted by Gasteiger charge is -2.36. The fourth-order valence-corrected chi connectivity index (χ4v) is 4.89. The number of amides is 2. The number of piperidine rings is 1.